The van der Waals surface area contributed by atoms with Gasteiger partial charge in [0.2, 0.25) is 0 Å². The van der Waals surface area contributed by atoms with Gasteiger partial charge in [-0.25, -0.2) is 0 Å². The molecule has 1 N–H and O–H groups in total. The lowest BCUT2D eigenvalue weighted by Gasteiger charge is -2.09. The van der Waals surface area contributed by atoms with Crippen LogP contribution in [0.2, 0.25) is 0 Å². The summed E-state index contributed by atoms with van der Waals surface area (Å²) in [6.07, 6.45) is 4.69. The third-order valence-corrected chi connectivity index (χ3v) is 2.83. The molecule has 0 amide bonds. The lowest BCUT2D eigenvalue weighted by molar-refractivity contribution is 0.415. The summed E-state index contributed by atoms with van der Waals surface area (Å²) in [5.41, 5.74) is 2.58. The number of hydrogen-bond donors (Lipinski definition) is 1. The topological polar surface area (TPSA) is 62.9 Å². The van der Waals surface area contributed by atoms with E-state index in [0.29, 0.717) is 5.56 Å². The third-order valence-electron chi connectivity index (χ3n) is 2.83. The van der Waals surface area contributed by atoms with E-state index in [2.05, 4.69) is 16.5 Å². The summed E-state index contributed by atoms with van der Waals surface area (Å²) < 4.78 is 6.94. The van der Waals surface area contributed by atoms with Crippen LogP contribution < -0.4 is 10.1 Å². The summed E-state index contributed by atoms with van der Waals surface area (Å²) in [5, 5.41) is 16.4. The van der Waals surface area contributed by atoms with Crippen molar-refractivity contribution in [3.8, 4) is 11.8 Å². The average Bonchev–Trinajstić information content (AvgIpc) is 2.84. The first-order valence-corrected chi connectivity index (χ1v) is 6.02. The van der Waals surface area contributed by atoms with E-state index in [4.69, 9.17) is 10.00 Å². The Morgan fingerprint density at radius 3 is 2.95 bits per heavy atom. The summed E-state index contributed by atoms with van der Waals surface area (Å²) in [5.74, 6) is 0.739. The highest BCUT2D eigenvalue weighted by atomic mass is 16.5. The van der Waals surface area contributed by atoms with Crippen LogP contribution in [-0.4, -0.2) is 23.4 Å². The minimum absolute atomic E-state index is 0.618. The lowest BCUT2D eigenvalue weighted by Crippen LogP contribution is -2.06. The van der Waals surface area contributed by atoms with E-state index in [1.807, 2.05) is 25.5 Å². The van der Waals surface area contributed by atoms with Gasteiger partial charge in [0.1, 0.15) is 11.8 Å². The molecule has 1 heterocycles. The summed E-state index contributed by atoms with van der Waals surface area (Å²) >= 11 is 0. The predicted molar refractivity (Wildman–Crippen MR) is 73.1 cm³/mol. The molecule has 0 radical (unpaired) electrons. The molecule has 0 aliphatic rings. The summed E-state index contributed by atoms with van der Waals surface area (Å²) in [6, 6.07) is 7.54. The van der Waals surface area contributed by atoms with Crippen molar-refractivity contribution >= 4 is 5.69 Å². The van der Waals surface area contributed by atoms with Gasteiger partial charge in [0.25, 0.3) is 0 Å². The fourth-order valence-electron chi connectivity index (χ4n) is 1.84. The Bertz CT molecular complexity index is 598. The number of aromatic nitrogens is 2. The molecular formula is C14H16N4O. The first kappa shape index (κ1) is 13.0. The summed E-state index contributed by atoms with van der Waals surface area (Å²) in [4.78, 5) is 0. The van der Waals surface area contributed by atoms with E-state index in [-0.39, 0.29) is 0 Å². The SMILES string of the molecule is COc1ccc(C#N)c(NCCc2cnn(C)c2)c1. The minimum atomic E-state index is 0.618. The van der Waals surface area contributed by atoms with Gasteiger partial charge < -0.3 is 10.1 Å². The number of nitrogens with one attached hydrogen (secondary N) is 1. The van der Waals surface area contributed by atoms with Crippen molar-refractivity contribution in [3.63, 3.8) is 0 Å². The van der Waals surface area contributed by atoms with E-state index in [1.165, 1.54) is 0 Å². The van der Waals surface area contributed by atoms with Gasteiger partial charge in [0, 0.05) is 25.9 Å². The molecular weight excluding hydrogens is 240 g/mol. The molecule has 0 saturated carbocycles. The maximum Gasteiger partial charge on any atom is 0.121 e. The molecule has 0 fully saturated rings. The average molecular weight is 256 g/mol. The smallest absolute Gasteiger partial charge is 0.121 e. The highest BCUT2D eigenvalue weighted by Gasteiger charge is 2.04. The van der Waals surface area contributed by atoms with E-state index < -0.39 is 0 Å². The third kappa shape index (κ3) is 3.26. The highest BCUT2D eigenvalue weighted by molar-refractivity contribution is 5.60. The Hall–Kier alpha value is -2.48. The van der Waals surface area contributed by atoms with Crippen molar-refractivity contribution in [2.45, 2.75) is 6.42 Å². The van der Waals surface area contributed by atoms with Crippen LogP contribution in [0.3, 0.4) is 0 Å². The molecule has 19 heavy (non-hydrogen) atoms. The standard InChI is InChI=1S/C14H16N4O/c1-18-10-11(9-17-18)5-6-16-14-7-13(19-2)4-3-12(14)8-15/h3-4,7,9-10,16H,5-6H2,1-2H3. The second kappa shape index (κ2) is 5.91. The zero-order chi connectivity index (χ0) is 13.7. The van der Waals surface area contributed by atoms with Crippen LogP contribution in [0.25, 0.3) is 0 Å². The van der Waals surface area contributed by atoms with Gasteiger partial charge >= 0.3 is 0 Å². The first-order chi connectivity index (χ1) is 9.22. The molecule has 5 heteroatoms. The van der Waals surface area contributed by atoms with E-state index in [1.54, 1.807) is 23.9 Å². The molecule has 0 bridgehead atoms. The van der Waals surface area contributed by atoms with Crippen molar-refractivity contribution in [2.75, 3.05) is 19.0 Å². The van der Waals surface area contributed by atoms with Crippen LogP contribution in [0.15, 0.2) is 30.6 Å². The van der Waals surface area contributed by atoms with E-state index >= 15 is 0 Å². The van der Waals surface area contributed by atoms with Crippen LogP contribution in [0.1, 0.15) is 11.1 Å². The van der Waals surface area contributed by atoms with Crippen LogP contribution in [0.5, 0.6) is 5.75 Å². The molecule has 0 aliphatic heterocycles. The zero-order valence-electron chi connectivity index (χ0n) is 11.1. The van der Waals surface area contributed by atoms with E-state index in [0.717, 1.165) is 30.0 Å². The van der Waals surface area contributed by atoms with Crippen LogP contribution in [0, 0.1) is 11.3 Å². The second-order valence-electron chi connectivity index (χ2n) is 4.22. The molecule has 1 aromatic carbocycles. The fraction of sp³-hybridized carbons (Fsp3) is 0.286. The zero-order valence-corrected chi connectivity index (χ0v) is 11.1. The Morgan fingerprint density at radius 2 is 2.32 bits per heavy atom. The fourth-order valence-corrected chi connectivity index (χ4v) is 1.84. The highest BCUT2D eigenvalue weighted by Crippen LogP contribution is 2.21. The lowest BCUT2D eigenvalue weighted by atomic mass is 10.1. The molecule has 0 atom stereocenters. The molecule has 2 aromatic rings. The quantitative estimate of drug-likeness (QED) is 0.888. The van der Waals surface area contributed by atoms with Gasteiger partial charge in [-0.3, -0.25) is 4.68 Å². The number of hydrogen-bond acceptors (Lipinski definition) is 4. The van der Waals surface area contributed by atoms with Gasteiger partial charge in [-0.1, -0.05) is 0 Å². The monoisotopic (exact) mass is 256 g/mol. The van der Waals surface area contributed by atoms with Gasteiger partial charge in [-0.05, 0) is 24.1 Å². The van der Waals surface area contributed by atoms with Gasteiger partial charge in [0.15, 0.2) is 0 Å². The number of nitriles is 1. The van der Waals surface area contributed by atoms with Gasteiger partial charge in [-0.2, -0.15) is 10.4 Å². The maximum absolute atomic E-state index is 9.06. The van der Waals surface area contributed by atoms with Crippen LogP contribution >= 0.6 is 0 Å². The second-order valence-corrected chi connectivity index (χ2v) is 4.22. The number of aryl methyl sites for hydroxylation is 1. The summed E-state index contributed by atoms with van der Waals surface area (Å²) in [7, 11) is 3.51. The van der Waals surface area contributed by atoms with Gasteiger partial charge in [0.05, 0.1) is 24.6 Å². The maximum atomic E-state index is 9.06. The molecule has 98 valence electrons. The molecule has 1 aromatic heterocycles. The number of nitrogens with zero attached hydrogens (tertiary/aromatic N) is 3. The normalized spacial score (nSPS) is 9.95. The number of anilines is 1. The predicted octanol–water partition coefficient (Wildman–Crippen LogP) is 1.95. The first-order valence-electron chi connectivity index (χ1n) is 6.02. The molecule has 0 saturated heterocycles. The molecule has 0 unspecified atom stereocenters. The molecule has 0 aliphatic carbocycles. The number of ether oxygens (including phenoxy) is 1. The molecule has 5 nitrogen and oxygen atoms in total. The van der Waals surface area contributed by atoms with Gasteiger partial charge in [-0.15, -0.1) is 0 Å². The van der Waals surface area contributed by atoms with Crippen LogP contribution in [-0.2, 0) is 13.5 Å². The van der Waals surface area contributed by atoms with Crippen molar-refractivity contribution in [1.29, 1.82) is 5.26 Å². The van der Waals surface area contributed by atoms with Crippen molar-refractivity contribution in [3.05, 3.63) is 41.7 Å². The van der Waals surface area contributed by atoms with Crippen molar-refractivity contribution in [1.82, 2.24) is 9.78 Å². The van der Waals surface area contributed by atoms with Crippen LogP contribution in [0.4, 0.5) is 5.69 Å². The number of methoxy groups -OCH3 is 1. The van der Waals surface area contributed by atoms with Crippen molar-refractivity contribution in [2.24, 2.45) is 7.05 Å². The minimum Gasteiger partial charge on any atom is -0.497 e. The number of benzene rings is 1. The molecule has 0 spiro atoms. The largest absolute Gasteiger partial charge is 0.497 e. The summed E-state index contributed by atoms with van der Waals surface area (Å²) in [6.45, 7) is 0.744. The Labute approximate surface area is 112 Å². The Morgan fingerprint density at radius 1 is 1.47 bits per heavy atom. The number of rotatable bonds is 5. The van der Waals surface area contributed by atoms with Crippen molar-refractivity contribution < 1.29 is 4.74 Å². The Kier molecular flexibility index (Phi) is 4.04. The van der Waals surface area contributed by atoms with E-state index in [9.17, 15) is 0 Å². The molecule has 2 rings (SSSR count). The Balaban J connectivity index is 2.00.